The van der Waals surface area contributed by atoms with Crippen molar-refractivity contribution in [2.75, 3.05) is 68.0 Å². The maximum Gasteiger partial charge on any atom is 0.220 e. The largest absolute Gasteiger partial charge is 0.356 e. The van der Waals surface area contributed by atoms with Gasteiger partial charge in [-0.25, -0.2) is 0 Å². The Morgan fingerprint density at radius 3 is 0.787 bits per heavy atom. The Labute approximate surface area is 569 Å². The van der Waals surface area contributed by atoms with Crippen LogP contribution in [0.15, 0.2) is 121 Å². The van der Waals surface area contributed by atoms with Gasteiger partial charge in [0, 0.05) is 85.2 Å². The van der Waals surface area contributed by atoms with Gasteiger partial charge in [-0.2, -0.15) is 0 Å². The lowest BCUT2D eigenvalue weighted by atomic mass is 10.1. The van der Waals surface area contributed by atoms with Crippen molar-refractivity contribution >= 4 is 52.5 Å². The number of carbonyl (C=O) groups is 9. The zero-order chi connectivity index (χ0) is 71.5. The fourth-order valence-electron chi connectivity index (χ4n) is 7.71. The number of unbranched alkanes of at least 4 members (excludes halogenated alkanes) is 10. The molecule has 4 amide bonds. The normalized spacial score (nSPS) is 9.51. The molecule has 0 aliphatic heterocycles. The first kappa shape index (κ1) is 95.6. The van der Waals surface area contributed by atoms with Gasteiger partial charge in [0.1, 0.15) is 28.9 Å². The second-order valence-corrected chi connectivity index (χ2v) is 22.8. The number of amides is 4. The molecule has 9 N–H and O–H groups in total. The number of benzene rings is 4. The number of hydrogen-bond donors (Lipinski definition) is 9. The molecule has 532 valence electrons. The highest BCUT2D eigenvalue weighted by molar-refractivity contribution is 5.78. The van der Waals surface area contributed by atoms with Crippen LogP contribution >= 0.6 is 0 Å². The maximum absolute atomic E-state index is 11.7. The summed E-state index contributed by atoms with van der Waals surface area (Å²) in [5.41, 5.74) is 4.68. The van der Waals surface area contributed by atoms with Gasteiger partial charge in [0.15, 0.2) is 0 Å². The van der Waals surface area contributed by atoms with Crippen molar-refractivity contribution in [2.45, 2.75) is 217 Å². The van der Waals surface area contributed by atoms with E-state index >= 15 is 0 Å². The molecule has 0 spiro atoms. The monoisotopic (exact) mass is 1310 g/mol. The summed E-state index contributed by atoms with van der Waals surface area (Å²) in [6.45, 7) is 21.7. The second-order valence-electron chi connectivity index (χ2n) is 22.8. The lowest BCUT2D eigenvalue weighted by Crippen LogP contribution is -2.24. The van der Waals surface area contributed by atoms with E-state index in [9.17, 15) is 43.2 Å². The van der Waals surface area contributed by atoms with Gasteiger partial charge in [0.05, 0.1) is 0 Å². The Morgan fingerprint density at radius 2 is 0.500 bits per heavy atom. The number of rotatable bonds is 38. The van der Waals surface area contributed by atoms with Crippen LogP contribution in [0.4, 0.5) is 0 Å². The third-order valence-corrected chi connectivity index (χ3v) is 12.3. The van der Waals surface area contributed by atoms with Crippen molar-refractivity contribution in [1.29, 1.82) is 0 Å². The first-order chi connectivity index (χ1) is 45.0. The van der Waals surface area contributed by atoms with Crippen LogP contribution in [0.2, 0.25) is 0 Å². The molecule has 0 saturated carbocycles. The van der Waals surface area contributed by atoms with E-state index in [2.05, 4.69) is 72.1 Å². The molecule has 18 nitrogen and oxygen atoms in total. The zero-order valence-electron chi connectivity index (χ0n) is 60.7. The Hall–Kier alpha value is -7.09. The second kappa shape index (κ2) is 76.6. The Kier molecular flexibility index (Phi) is 77.9. The number of Topliss-reactive ketones (excluding diaryl/α,β-unsaturated/α-hetero) is 5. The van der Waals surface area contributed by atoms with Crippen LogP contribution in [-0.2, 0) is 69.3 Å². The van der Waals surface area contributed by atoms with Crippen LogP contribution in [0.5, 0.6) is 0 Å². The standard InChI is InChI=1S/C16H24N2O2.C14H28N2O2.C11H16N2O.C9H20N2O.C8H17NO.2C6H6.2C3H6O/c1-13(19)6-3-4-9-16(20)18-12-15-8-5-7-14(10-15)11-17-2;1-13(17)9-5-6-10-14(18)16-12-8-4-3-7-11-15-2;1-9(14)13-8-11-5-3-4-10(6-11)7-12-2;1-9(12)11-8-6-4-3-5-7-10-2;1-8(10)6-4-3-5-7-9-2;2*1-2-4-6-5-3-1;2*1-3(2)4/h5,7-8,10,17H,3-4,6,9,11-12H2,1-2H3,(H,18,20);15H,3-12H2,1-2H3,(H,16,18);3-6,12H,7-8H2,1-2H3,(H,13,14);10H,3-8H2,1-2H3,(H,11,12);9H,3-7H2,1-2H3;2*1-6H;2*1-2H3. The summed E-state index contributed by atoms with van der Waals surface area (Å²) in [5, 5.41) is 26.9. The van der Waals surface area contributed by atoms with Crippen molar-refractivity contribution in [2.24, 2.45) is 0 Å². The van der Waals surface area contributed by atoms with Crippen molar-refractivity contribution in [1.82, 2.24) is 47.9 Å². The maximum atomic E-state index is 11.7. The summed E-state index contributed by atoms with van der Waals surface area (Å²) in [4.78, 5) is 95.1. The highest BCUT2D eigenvalue weighted by atomic mass is 16.2. The molecule has 0 atom stereocenters. The van der Waals surface area contributed by atoms with E-state index in [1.54, 1.807) is 27.7 Å². The van der Waals surface area contributed by atoms with Crippen LogP contribution in [0.3, 0.4) is 0 Å². The van der Waals surface area contributed by atoms with Crippen LogP contribution in [-0.4, -0.2) is 121 Å². The van der Waals surface area contributed by atoms with Gasteiger partial charge < -0.3 is 71.8 Å². The minimum Gasteiger partial charge on any atom is -0.356 e. The van der Waals surface area contributed by atoms with Gasteiger partial charge in [0.2, 0.25) is 23.6 Å². The molecule has 0 heterocycles. The molecule has 94 heavy (non-hydrogen) atoms. The molecule has 4 aromatic carbocycles. The number of ketones is 5. The fraction of sp³-hybridized carbons (Fsp3) is 0.566. The van der Waals surface area contributed by atoms with E-state index in [0.29, 0.717) is 44.6 Å². The highest BCUT2D eigenvalue weighted by Gasteiger charge is 2.04. The van der Waals surface area contributed by atoms with Crippen molar-refractivity contribution in [3.63, 3.8) is 0 Å². The van der Waals surface area contributed by atoms with E-state index in [-0.39, 0.29) is 46.8 Å². The Bertz CT molecular complexity index is 2320. The predicted molar refractivity (Wildman–Crippen MR) is 391 cm³/mol. The molecule has 0 fully saturated rings. The topological polar surface area (TPSA) is 262 Å². The predicted octanol–water partition coefficient (Wildman–Crippen LogP) is 12.1. The SMILES string of the molecule is CC(C)=O.CC(C)=O.CNCCCCCC(C)=O.CNCCCCCCNC(=O)CCCCC(C)=O.CNCCCCCCNC(C)=O.CNCc1cccc(CNC(=O)CCCCC(C)=O)c1.CNCc1cccc(CNC(C)=O)c1.c1ccccc1.c1ccccc1. The van der Waals surface area contributed by atoms with Crippen LogP contribution in [0.25, 0.3) is 0 Å². The molecule has 0 aromatic heterocycles. The molecule has 0 unspecified atom stereocenters. The Morgan fingerprint density at radius 1 is 0.255 bits per heavy atom. The summed E-state index contributed by atoms with van der Waals surface area (Å²) in [7, 11) is 9.71. The first-order valence-corrected chi connectivity index (χ1v) is 33.8. The summed E-state index contributed by atoms with van der Waals surface area (Å²) in [5.74, 6) is 1.28. The van der Waals surface area contributed by atoms with Gasteiger partial charge >= 0.3 is 0 Å². The van der Waals surface area contributed by atoms with Gasteiger partial charge in [-0.3, -0.25) is 19.2 Å². The van der Waals surface area contributed by atoms with Crippen molar-refractivity contribution in [3.8, 4) is 0 Å². The summed E-state index contributed by atoms with van der Waals surface area (Å²) in [6, 6.07) is 40.3. The summed E-state index contributed by atoms with van der Waals surface area (Å²) < 4.78 is 0. The zero-order valence-corrected chi connectivity index (χ0v) is 60.7. The molecule has 0 saturated heterocycles. The molecule has 18 heteroatoms. The van der Waals surface area contributed by atoms with Crippen LogP contribution < -0.4 is 47.9 Å². The van der Waals surface area contributed by atoms with Crippen LogP contribution in [0, 0.1) is 0 Å². The molecule has 0 aliphatic carbocycles. The summed E-state index contributed by atoms with van der Waals surface area (Å²) >= 11 is 0. The van der Waals surface area contributed by atoms with Crippen molar-refractivity contribution < 1.29 is 43.2 Å². The average molecular weight is 1310 g/mol. The minimum absolute atomic E-state index is 0.00372. The van der Waals surface area contributed by atoms with Crippen molar-refractivity contribution in [3.05, 3.63) is 144 Å². The van der Waals surface area contributed by atoms with Gasteiger partial charge in [0.25, 0.3) is 0 Å². The number of carbonyl (C=O) groups excluding carboxylic acids is 9. The smallest absolute Gasteiger partial charge is 0.220 e. The third kappa shape index (κ3) is 93.6. The average Bonchev–Trinajstić information content (AvgIpc) is 1.22. The van der Waals surface area contributed by atoms with E-state index in [0.717, 1.165) is 108 Å². The van der Waals surface area contributed by atoms with E-state index < -0.39 is 0 Å². The third-order valence-electron chi connectivity index (χ3n) is 12.3. The number of nitrogens with one attached hydrogen (secondary N) is 9. The molecule has 4 aromatic rings. The van der Waals surface area contributed by atoms with Gasteiger partial charge in [-0.1, -0.05) is 153 Å². The van der Waals surface area contributed by atoms with E-state index in [1.165, 1.54) is 97.1 Å². The molecular formula is C76H129N9O9. The highest BCUT2D eigenvalue weighted by Crippen LogP contribution is 2.08. The molecule has 0 aliphatic rings. The molecule has 0 bridgehead atoms. The number of hydrogen-bond acceptors (Lipinski definition) is 14. The quantitative estimate of drug-likeness (QED) is 0.0189. The van der Waals surface area contributed by atoms with E-state index in [4.69, 9.17) is 0 Å². The fourth-order valence-corrected chi connectivity index (χ4v) is 7.71. The molecular weight excluding hydrogens is 1180 g/mol. The van der Waals surface area contributed by atoms with Gasteiger partial charge in [-0.15, -0.1) is 0 Å². The summed E-state index contributed by atoms with van der Waals surface area (Å²) in [6.07, 6.45) is 19.0. The lowest BCUT2D eigenvalue weighted by molar-refractivity contribution is -0.122. The van der Waals surface area contributed by atoms with Crippen LogP contribution in [0.1, 0.15) is 213 Å². The van der Waals surface area contributed by atoms with E-state index in [1.807, 2.05) is 132 Å². The lowest BCUT2D eigenvalue weighted by Gasteiger charge is -2.07. The van der Waals surface area contributed by atoms with Gasteiger partial charge in [-0.05, 0) is 190 Å². The minimum atomic E-state index is 0.00372. The molecule has 4 rings (SSSR count). The first-order valence-electron chi connectivity index (χ1n) is 33.8. The Balaban J connectivity index is -0.000000330. The molecule has 0 radical (unpaired) electrons.